The van der Waals surface area contributed by atoms with Gasteiger partial charge in [-0.1, -0.05) is 129 Å². The molecule has 0 heterocycles. The minimum atomic E-state index is 0.178. The maximum atomic E-state index is 4.52. The SMILES string of the molecule is C=C(CCCCCC/C=C/C(C)(CC)C(=C)CCC)CCN(CCCC)CCC(=C)C(C)(CC)CCC. The Bertz CT molecular complexity index is 656. The number of rotatable bonds is 25. The molecule has 0 bridgehead atoms. The highest BCUT2D eigenvalue weighted by Gasteiger charge is 2.24. The Morgan fingerprint density at radius 2 is 1.32 bits per heavy atom. The molecule has 0 aliphatic heterocycles. The molecule has 2 atom stereocenters. The molecule has 0 aromatic carbocycles. The fourth-order valence-electron chi connectivity index (χ4n) is 5.32. The van der Waals surface area contributed by atoms with Gasteiger partial charge >= 0.3 is 0 Å². The van der Waals surface area contributed by atoms with Crippen LogP contribution in [0.25, 0.3) is 0 Å². The van der Waals surface area contributed by atoms with Crippen molar-refractivity contribution < 1.29 is 0 Å². The van der Waals surface area contributed by atoms with Crippen LogP contribution in [0.2, 0.25) is 0 Å². The van der Waals surface area contributed by atoms with E-state index in [1.165, 1.54) is 100 Å². The van der Waals surface area contributed by atoms with Gasteiger partial charge in [0.2, 0.25) is 0 Å². The third-order valence-corrected chi connectivity index (χ3v) is 9.01. The van der Waals surface area contributed by atoms with Gasteiger partial charge in [0.1, 0.15) is 0 Å². The summed E-state index contributed by atoms with van der Waals surface area (Å²) in [5.74, 6) is 0. The van der Waals surface area contributed by atoms with E-state index < -0.39 is 0 Å². The van der Waals surface area contributed by atoms with Crippen molar-refractivity contribution >= 4 is 0 Å². The van der Waals surface area contributed by atoms with E-state index in [-0.39, 0.29) is 5.41 Å². The second kappa shape index (κ2) is 20.8. The Labute approximate surface area is 235 Å². The van der Waals surface area contributed by atoms with Crippen LogP contribution in [0.4, 0.5) is 0 Å². The van der Waals surface area contributed by atoms with E-state index in [4.69, 9.17) is 0 Å². The third kappa shape index (κ3) is 15.2. The van der Waals surface area contributed by atoms with Crippen LogP contribution in [0, 0.1) is 10.8 Å². The molecule has 0 amide bonds. The van der Waals surface area contributed by atoms with Crippen LogP contribution < -0.4 is 0 Å². The van der Waals surface area contributed by atoms with Crippen molar-refractivity contribution in [2.75, 3.05) is 19.6 Å². The average Bonchev–Trinajstić information content (AvgIpc) is 2.89. The van der Waals surface area contributed by atoms with E-state index in [1.807, 2.05) is 0 Å². The monoisotopic (exact) mass is 514 g/mol. The highest BCUT2D eigenvalue weighted by atomic mass is 15.1. The van der Waals surface area contributed by atoms with Gasteiger partial charge in [0.15, 0.2) is 0 Å². The standard InChI is InChI=1S/C36H67N/c1-11-16-29-37(31-26-34(8)35(9,14-4)27-13-3)30-25-32(6)24-21-19-17-18-20-22-28-36(10,15-5)33(7)23-12-2/h22,28H,6-8,11-21,23-27,29-31H2,1-5,9-10H3/b28-22+. The van der Waals surface area contributed by atoms with Gasteiger partial charge in [-0.15, -0.1) is 0 Å². The third-order valence-electron chi connectivity index (χ3n) is 9.01. The van der Waals surface area contributed by atoms with Gasteiger partial charge in [0.05, 0.1) is 0 Å². The van der Waals surface area contributed by atoms with Crippen molar-refractivity contribution in [1.29, 1.82) is 0 Å². The van der Waals surface area contributed by atoms with Gasteiger partial charge in [-0.2, -0.15) is 0 Å². The maximum Gasteiger partial charge on any atom is 0.00571 e. The molecule has 1 nitrogen and oxygen atoms in total. The number of allylic oxidation sites excluding steroid dienone is 3. The molecule has 0 aliphatic carbocycles. The second-order valence-electron chi connectivity index (χ2n) is 12.2. The number of unbranched alkanes of at least 4 members (excludes halogenated alkanes) is 5. The van der Waals surface area contributed by atoms with Crippen molar-refractivity contribution in [1.82, 2.24) is 4.90 Å². The molecule has 0 aliphatic rings. The summed E-state index contributed by atoms with van der Waals surface area (Å²) >= 11 is 0. The van der Waals surface area contributed by atoms with Gasteiger partial charge in [-0.3, -0.25) is 0 Å². The van der Waals surface area contributed by atoms with Crippen LogP contribution in [0.5, 0.6) is 0 Å². The predicted octanol–water partition coefficient (Wildman–Crippen LogP) is 11.9. The maximum absolute atomic E-state index is 4.52. The fourth-order valence-corrected chi connectivity index (χ4v) is 5.32. The second-order valence-corrected chi connectivity index (χ2v) is 12.2. The summed E-state index contributed by atoms with van der Waals surface area (Å²) in [7, 11) is 0. The molecule has 1 heteroatoms. The average molecular weight is 514 g/mol. The first-order valence-corrected chi connectivity index (χ1v) is 16.1. The molecule has 0 aromatic rings. The normalized spacial score (nSPS) is 15.1. The lowest BCUT2D eigenvalue weighted by atomic mass is 9.75. The highest BCUT2D eigenvalue weighted by Crippen LogP contribution is 2.37. The van der Waals surface area contributed by atoms with Gasteiger partial charge in [0.25, 0.3) is 0 Å². The van der Waals surface area contributed by atoms with Crippen LogP contribution in [0.1, 0.15) is 151 Å². The Hall–Kier alpha value is -1.08. The smallest absolute Gasteiger partial charge is 0.00571 e. The lowest BCUT2D eigenvalue weighted by Crippen LogP contribution is -2.29. The molecule has 0 aromatic heterocycles. The van der Waals surface area contributed by atoms with E-state index in [0.717, 1.165) is 38.8 Å². The van der Waals surface area contributed by atoms with Crippen molar-refractivity contribution in [2.45, 2.75) is 151 Å². The molecule has 0 radical (unpaired) electrons. The van der Waals surface area contributed by atoms with Gasteiger partial charge in [0, 0.05) is 18.5 Å². The predicted molar refractivity (Wildman–Crippen MR) is 171 cm³/mol. The van der Waals surface area contributed by atoms with E-state index in [1.54, 1.807) is 0 Å². The Balaban J connectivity index is 4.30. The first kappa shape index (κ1) is 35.9. The molecule has 0 saturated heterocycles. The number of hydrogen-bond acceptors (Lipinski definition) is 1. The van der Waals surface area contributed by atoms with E-state index >= 15 is 0 Å². The first-order valence-electron chi connectivity index (χ1n) is 16.1. The fraction of sp³-hybridized carbons (Fsp3) is 0.778. The molecule has 0 fully saturated rings. The van der Waals surface area contributed by atoms with Gasteiger partial charge in [-0.05, 0) is 82.6 Å². The van der Waals surface area contributed by atoms with Crippen LogP contribution in [-0.4, -0.2) is 24.5 Å². The molecule has 216 valence electrons. The lowest BCUT2D eigenvalue weighted by molar-refractivity contribution is 0.259. The summed E-state index contributed by atoms with van der Waals surface area (Å²) in [4.78, 5) is 2.67. The molecule has 0 N–H and O–H groups in total. The highest BCUT2D eigenvalue weighted by molar-refractivity contribution is 5.17. The number of nitrogens with zero attached hydrogens (tertiary/aromatic N) is 1. The van der Waals surface area contributed by atoms with Crippen molar-refractivity contribution in [3.8, 4) is 0 Å². The molecule has 2 unspecified atom stereocenters. The summed E-state index contributed by atoms with van der Waals surface area (Å²) < 4.78 is 0. The molecular formula is C36H67N. The zero-order valence-electron chi connectivity index (χ0n) is 26.7. The topological polar surface area (TPSA) is 3.24 Å². The zero-order valence-corrected chi connectivity index (χ0v) is 26.7. The van der Waals surface area contributed by atoms with Crippen molar-refractivity contribution in [3.63, 3.8) is 0 Å². The van der Waals surface area contributed by atoms with Crippen molar-refractivity contribution in [2.24, 2.45) is 10.8 Å². The minimum Gasteiger partial charge on any atom is -0.303 e. The summed E-state index contributed by atoms with van der Waals surface area (Å²) in [5.41, 5.74) is 4.78. The summed E-state index contributed by atoms with van der Waals surface area (Å²) in [6, 6.07) is 0. The summed E-state index contributed by atoms with van der Waals surface area (Å²) in [6.45, 7) is 33.0. The quantitative estimate of drug-likeness (QED) is 0.0866. The molecule has 37 heavy (non-hydrogen) atoms. The summed E-state index contributed by atoms with van der Waals surface area (Å²) in [6.07, 6.45) is 24.5. The zero-order chi connectivity index (χ0) is 28.2. The Morgan fingerprint density at radius 3 is 1.92 bits per heavy atom. The summed E-state index contributed by atoms with van der Waals surface area (Å²) in [5, 5.41) is 0. The molecule has 0 spiro atoms. The molecular weight excluding hydrogens is 446 g/mol. The Morgan fingerprint density at radius 1 is 0.649 bits per heavy atom. The van der Waals surface area contributed by atoms with Crippen LogP contribution in [-0.2, 0) is 0 Å². The van der Waals surface area contributed by atoms with Crippen LogP contribution >= 0.6 is 0 Å². The minimum absolute atomic E-state index is 0.178. The van der Waals surface area contributed by atoms with E-state index in [0.29, 0.717) is 5.41 Å². The van der Waals surface area contributed by atoms with Crippen LogP contribution in [0.15, 0.2) is 48.6 Å². The van der Waals surface area contributed by atoms with Crippen LogP contribution in [0.3, 0.4) is 0 Å². The first-order chi connectivity index (χ1) is 17.6. The van der Waals surface area contributed by atoms with E-state index in [9.17, 15) is 0 Å². The van der Waals surface area contributed by atoms with E-state index in [2.05, 4.69) is 85.3 Å². The van der Waals surface area contributed by atoms with Gasteiger partial charge in [-0.25, -0.2) is 0 Å². The van der Waals surface area contributed by atoms with Gasteiger partial charge < -0.3 is 4.90 Å². The lowest BCUT2D eigenvalue weighted by Gasteiger charge is -2.32. The molecule has 0 saturated carbocycles. The largest absolute Gasteiger partial charge is 0.303 e. The van der Waals surface area contributed by atoms with Crippen molar-refractivity contribution in [3.05, 3.63) is 48.6 Å². The number of hydrogen-bond donors (Lipinski definition) is 0. The Kier molecular flexibility index (Phi) is 20.2. The molecule has 0 rings (SSSR count).